The Morgan fingerprint density at radius 3 is 2.00 bits per heavy atom. The molecule has 0 fully saturated rings. The van der Waals surface area contributed by atoms with Crippen LogP contribution in [0.15, 0.2) is 0 Å². The Balaban J connectivity index is 0. The predicted molar refractivity (Wildman–Crippen MR) is 39.5 cm³/mol. The Morgan fingerprint density at radius 1 is 1.57 bits per heavy atom. The number of thiol groups is 2. The van der Waals surface area contributed by atoms with E-state index < -0.39 is 0 Å². The zero-order valence-corrected chi connectivity index (χ0v) is 9.05. The maximum Gasteiger partial charge on any atom is 3.00 e. The van der Waals surface area contributed by atoms with Crippen molar-refractivity contribution in [1.82, 2.24) is 0 Å². The van der Waals surface area contributed by atoms with Gasteiger partial charge in [-0.15, -0.1) is 0 Å². The van der Waals surface area contributed by atoms with Gasteiger partial charge in [0.25, 0.3) is 0 Å². The minimum absolute atomic E-state index is 0. The van der Waals surface area contributed by atoms with Gasteiger partial charge in [-0.25, -0.2) is 0 Å². The van der Waals surface area contributed by atoms with Gasteiger partial charge < -0.3 is 5.11 Å². The van der Waals surface area contributed by atoms with Crippen molar-refractivity contribution < 1.29 is 5.11 Å². The maximum absolute atomic E-state index is 8.21. The van der Waals surface area contributed by atoms with Crippen LogP contribution >= 0.6 is 25.3 Å². The van der Waals surface area contributed by atoms with E-state index in [0.29, 0.717) is 5.75 Å². The summed E-state index contributed by atoms with van der Waals surface area (Å²) >= 11 is 7.76. The zero-order valence-electron chi connectivity index (χ0n) is 3.78. The van der Waals surface area contributed by atoms with Gasteiger partial charge in [-0.1, -0.05) is 0 Å². The molecule has 0 bridgehead atoms. The number of aliphatic hydroxyl groups is 1. The summed E-state index contributed by atoms with van der Waals surface area (Å²) in [4.78, 5) is 0. The van der Waals surface area contributed by atoms with Gasteiger partial charge in [-0.05, 0) is 0 Å². The molecule has 40 valence electrons. The van der Waals surface area contributed by atoms with E-state index in [-0.39, 0.29) is 38.1 Å². The molecule has 1 unspecified atom stereocenters. The minimum atomic E-state index is 0. The maximum atomic E-state index is 8.21. The van der Waals surface area contributed by atoms with Gasteiger partial charge in [0.1, 0.15) is 0 Å². The first kappa shape index (κ1) is 11.4. The number of rotatable bonds is 2. The first-order valence-electron chi connectivity index (χ1n) is 1.71. The molecule has 0 aromatic heterocycles. The average Bonchev–Trinajstić information content (AvgIpc) is 1.65. The minimum Gasteiger partial charge on any atom is -0.395 e. The van der Waals surface area contributed by atoms with Crippen LogP contribution in [0.2, 0.25) is 0 Å². The van der Waals surface area contributed by atoms with Crippen LogP contribution in [0, 0.1) is 0 Å². The molecule has 0 heterocycles. The third-order valence-electron chi connectivity index (χ3n) is 0.421. The summed E-state index contributed by atoms with van der Waals surface area (Å²) in [6.07, 6.45) is 0. The third kappa shape index (κ3) is 7.54. The van der Waals surface area contributed by atoms with Crippen LogP contribution in [0.5, 0.6) is 0 Å². The Hall–Kier alpha value is 1.54. The van der Waals surface area contributed by atoms with Crippen molar-refractivity contribution >= 4 is 51.5 Å². The molecule has 0 aliphatic carbocycles. The Labute approximate surface area is 73.8 Å². The SMILES string of the molecule is OCC(S)CS.[Bi+3]. The van der Waals surface area contributed by atoms with Crippen LogP contribution in [-0.4, -0.2) is 48.9 Å². The molecule has 0 aliphatic heterocycles. The number of aliphatic hydroxyl groups excluding tert-OH is 1. The fourth-order valence-corrected chi connectivity index (χ4v) is 0.173. The molecular weight excluding hydrogens is 325 g/mol. The van der Waals surface area contributed by atoms with Gasteiger partial charge >= 0.3 is 26.2 Å². The Morgan fingerprint density at radius 2 is 2.00 bits per heavy atom. The molecule has 0 spiro atoms. The van der Waals surface area contributed by atoms with Crippen LogP contribution in [0.25, 0.3) is 0 Å². The molecule has 1 nitrogen and oxygen atoms in total. The van der Waals surface area contributed by atoms with Gasteiger partial charge in [-0.2, -0.15) is 25.3 Å². The molecular formula is C3H8BiOS2+3. The summed E-state index contributed by atoms with van der Waals surface area (Å²) in [7, 11) is 0. The van der Waals surface area contributed by atoms with Crippen molar-refractivity contribution in [2.24, 2.45) is 0 Å². The molecule has 0 saturated carbocycles. The van der Waals surface area contributed by atoms with Crippen molar-refractivity contribution in [3.05, 3.63) is 0 Å². The summed E-state index contributed by atoms with van der Waals surface area (Å²) in [6, 6.07) is 0. The molecule has 1 N–H and O–H groups in total. The monoisotopic (exact) mass is 333 g/mol. The quantitative estimate of drug-likeness (QED) is 0.473. The van der Waals surface area contributed by atoms with E-state index in [1.54, 1.807) is 0 Å². The second kappa shape index (κ2) is 7.54. The molecule has 4 heteroatoms. The molecule has 0 rings (SSSR count). The summed E-state index contributed by atoms with van der Waals surface area (Å²) in [5.41, 5.74) is 0. The summed E-state index contributed by atoms with van der Waals surface area (Å²) in [5.74, 6) is 0.639. The van der Waals surface area contributed by atoms with Crippen LogP contribution in [0.1, 0.15) is 0 Å². The molecule has 2 radical (unpaired) electrons. The van der Waals surface area contributed by atoms with E-state index in [4.69, 9.17) is 5.11 Å². The van der Waals surface area contributed by atoms with Crippen molar-refractivity contribution in [3.63, 3.8) is 0 Å². The van der Waals surface area contributed by atoms with E-state index in [0.717, 1.165) is 0 Å². The second-order valence-electron chi connectivity index (χ2n) is 1.02. The van der Waals surface area contributed by atoms with Gasteiger partial charge in [0.2, 0.25) is 0 Å². The van der Waals surface area contributed by atoms with Crippen molar-refractivity contribution in [2.45, 2.75) is 5.25 Å². The molecule has 0 aromatic rings. The second-order valence-corrected chi connectivity index (χ2v) is 2.11. The molecule has 7 heavy (non-hydrogen) atoms. The summed E-state index contributed by atoms with van der Waals surface area (Å²) in [5, 5.41) is 8.26. The smallest absolute Gasteiger partial charge is 0.395 e. The van der Waals surface area contributed by atoms with Crippen molar-refractivity contribution in [1.29, 1.82) is 0 Å². The largest absolute Gasteiger partial charge is 3.00 e. The first-order valence-corrected chi connectivity index (χ1v) is 2.86. The number of hydrogen-bond acceptors (Lipinski definition) is 3. The Kier molecular flexibility index (Phi) is 12.2. The molecule has 0 aliphatic rings. The molecule has 0 amide bonds. The van der Waals surface area contributed by atoms with Crippen molar-refractivity contribution in [2.75, 3.05) is 12.4 Å². The van der Waals surface area contributed by atoms with E-state index in [1.165, 1.54) is 0 Å². The molecule has 1 atom stereocenters. The van der Waals surface area contributed by atoms with Crippen LogP contribution < -0.4 is 0 Å². The predicted octanol–water partition coefficient (Wildman–Crippen LogP) is -0.174. The van der Waals surface area contributed by atoms with E-state index in [9.17, 15) is 0 Å². The standard InChI is InChI=1S/C3H8OS2.Bi/c4-1-3(6)2-5;/h3-6H,1-2H2;/q;+3. The summed E-state index contributed by atoms with van der Waals surface area (Å²) in [6.45, 7) is 0.118. The molecule has 0 aromatic carbocycles. The van der Waals surface area contributed by atoms with Gasteiger partial charge in [0, 0.05) is 11.0 Å². The van der Waals surface area contributed by atoms with Crippen LogP contribution in [-0.2, 0) is 0 Å². The van der Waals surface area contributed by atoms with Gasteiger partial charge in [0.05, 0.1) is 6.61 Å². The fourth-order valence-electron chi connectivity index (χ4n) is 0.0577. The molecule has 0 saturated heterocycles. The zero-order chi connectivity index (χ0) is 4.99. The van der Waals surface area contributed by atoms with E-state index >= 15 is 0 Å². The summed E-state index contributed by atoms with van der Waals surface area (Å²) < 4.78 is 0. The normalized spacial score (nSPS) is 12.4. The van der Waals surface area contributed by atoms with Gasteiger partial charge in [-0.3, -0.25) is 0 Å². The first-order chi connectivity index (χ1) is 2.81. The van der Waals surface area contributed by atoms with Crippen LogP contribution in [0.4, 0.5) is 0 Å². The Bertz CT molecular complexity index is 32.1. The average molecular weight is 333 g/mol. The van der Waals surface area contributed by atoms with Crippen molar-refractivity contribution in [3.8, 4) is 0 Å². The third-order valence-corrected chi connectivity index (χ3v) is 1.50. The number of hydrogen-bond donors (Lipinski definition) is 3. The van der Waals surface area contributed by atoms with E-state index in [1.807, 2.05) is 0 Å². The van der Waals surface area contributed by atoms with Gasteiger partial charge in [0.15, 0.2) is 0 Å². The van der Waals surface area contributed by atoms with E-state index in [2.05, 4.69) is 25.3 Å². The fraction of sp³-hybridized carbons (Fsp3) is 1.00. The van der Waals surface area contributed by atoms with Crippen LogP contribution in [0.3, 0.4) is 0 Å². The topological polar surface area (TPSA) is 20.2 Å².